The third-order valence-corrected chi connectivity index (χ3v) is 3.46. The maximum atomic E-state index is 6.13. The van der Waals surface area contributed by atoms with Crippen molar-refractivity contribution in [1.29, 1.82) is 0 Å². The Balaban J connectivity index is 1.83. The number of furan rings is 1. The SMILES string of the molecule is CC(C)(N)c1ccc2nc(CCc3ccco3)[nH]c2c1. The molecule has 3 N–H and O–H groups in total. The van der Waals surface area contributed by atoms with Gasteiger partial charge in [0.25, 0.3) is 0 Å². The third-order valence-electron chi connectivity index (χ3n) is 3.46. The van der Waals surface area contributed by atoms with Gasteiger partial charge in [0, 0.05) is 18.4 Å². The van der Waals surface area contributed by atoms with Crippen LogP contribution in [0.5, 0.6) is 0 Å². The first-order chi connectivity index (χ1) is 9.52. The van der Waals surface area contributed by atoms with Gasteiger partial charge < -0.3 is 15.1 Å². The summed E-state index contributed by atoms with van der Waals surface area (Å²) in [5.74, 6) is 1.96. The second kappa shape index (κ2) is 4.80. The fraction of sp³-hybridized carbons (Fsp3) is 0.312. The molecule has 0 bridgehead atoms. The molecule has 3 aromatic rings. The first kappa shape index (κ1) is 12.9. The van der Waals surface area contributed by atoms with E-state index in [0.717, 1.165) is 41.0 Å². The van der Waals surface area contributed by atoms with Gasteiger partial charge >= 0.3 is 0 Å². The molecule has 3 rings (SSSR count). The Labute approximate surface area is 118 Å². The second-order valence-electron chi connectivity index (χ2n) is 5.72. The summed E-state index contributed by atoms with van der Waals surface area (Å²) in [5, 5.41) is 0. The van der Waals surface area contributed by atoms with Crippen molar-refractivity contribution in [2.75, 3.05) is 0 Å². The van der Waals surface area contributed by atoms with Crippen LogP contribution < -0.4 is 5.73 Å². The number of aryl methyl sites for hydroxylation is 2. The highest BCUT2D eigenvalue weighted by Gasteiger charge is 2.15. The van der Waals surface area contributed by atoms with E-state index in [2.05, 4.69) is 16.0 Å². The van der Waals surface area contributed by atoms with Crippen LogP contribution >= 0.6 is 0 Å². The van der Waals surface area contributed by atoms with Crippen molar-refractivity contribution in [3.8, 4) is 0 Å². The Kier molecular flexibility index (Phi) is 3.10. The van der Waals surface area contributed by atoms with Gasteiger partial charge in [-0.2, -0.15) is 0 Å². The average molecular weight is 269 g/mol. The van der Waals surface area contributed by atoms with Gasteiger partial charge in [0.05, 0.1) is 17.3 Å². The summed E-state index contributed by atoms with van der Waals surface area (Å²) in [6, 6.07) is 10.0. The summed E-state index contributed by atoms with van der Waals surface area (Å²) in [6.45, 7) is 4.00. The van der Waals surface area contributed by atoms with E-state index in [9.17, 15) is 0 Å². The van der Waals surface area contributed by atoms with E-state index in [4.69, 9.17) is 10.2 Å². The molecule has 2 heterocycles. The number of benzene rings is 1. The van der Waals surface area contributed by atoms with E-state index in [0.29, 0.717) is 0 Å². The van der Waals surface area contributed by atoms with Crippen LogP contribution in [-0.2, 0) is 18.4 Å². The Morgan fingerprint density at radius 1 is 1.25 bits per heavy atom. The molecule has 104 valence electrons. The minimum Gasteiger partial charge on any atom is -0.469 e. The Hall–Kier alpha value is -2.07. The van der Waals surface area contributed by atoms with Crippen LogP contribution in [0.1, 0.15) is 31.0 Å². The van der Waals surface area contributed by atoms with Crippen molar-refractivity contribution in [2.24, 2.45) is 5.73 Å². The van der Waals surface area contributed by atoms with E-state index < -0.39 is 0 Å². The molecular weight excluding hydrogens is 250 g/mol. The molecule has 0 aliphatic rings. The number of rotatable bonds is 4. The van der Waals surface area contributed by atoms with Gasteiger partial charge in [0.15, 0.2) is 0 Å². The molecule has 2 aromatic heterocycles. The number of nitrogens with two attached hydrogens (primary N) is 1. The molecule has 20 heavy (non-hydrogen) atoms. The number of fused-ring (bicyclic) bond motifs is 1. The molecule has 4 heteroatoms. The van der Waals surface area contributed by atoms with E-state index in [1.807, 2.05) is 38.1 Å². The van der Waals surface area contributed by atoms with Gasteiger partial charge in [0.2, 0.25) is 0 Å². The zero-order valence-electron chi connectivity index (χ0n) is 11.8. The third kappa shape index (κ3) is 2.60. The van der Waals surface area contributed by atoms with Crippen LogP contribution in [0, 0.1) is 0 Å². The molecule has 0 saturated heterocycles. The predicted octanol–water partition coefficient (Wildman–Crippen LogP) is 3.13. The van der Waals surface area contributed by atoms with Gasteiger partial charge in [-0.15, -0.1) is 0 Å². The number of hydrogen-bond donors (Lipinski definition) is 2. The zero-order valence-corrected chi connectivity index (χ0v) is 11.8. The quantitative estimate of drug-likeness (QED) is 0.764. The summed E-state index contributed by atoms with van der Waals surface area (Å²) >= 11 is 0. The van der Waals surface area contributed by atoms with Crippen LogP contribution in [0.2, 0.25) is 0 Å². The van der Waals surface area contributed by atoms with E-state index in [-0.39, 0.29) is 5.54 Å². The zero-order chi connectivity index (χ0) is 14.2. The normalized spacial score (nSPS) is 12.2. The number of imidazole rings is 1. The van der Waals surface area contributed by atoms with Gasteiger partial charge in [0.1, 0.15) is 11.6 Å². The molecular formula is C16H19N3O. The van der Waals surface area contributed by atoms with Crippen LogP contribution in [-0.4, -0.2) is 9.97 Å². The maximum Gasteiger partial charge on any atom is 0.107 e. The minimum atomic E-state index is -0.340. The monoisotopic (exact) mass is 269 g/mol. The molecule has 0 saturated carbocycles. The molecule has 0 spiro atoms. The lowest BCUT2D eigenvalue weighted by Gasteiger charge is -2.18. The fourth-order valence-corrected chi connectivity index (χ4v) is 2.28. The molecule has 0 amide bonds. The lowest BCUT2D eigenvalue weighted by Crippen LogP contribution is -2.28. The van der Waals surface area contributed by atoms with Crippen molar-refractivity contribution >= 4 is 11.0 Å². The first-order valence-corrected chi connectivity index (χ1v) is 6.83. The lowest BCUT2D eigenvalue weighted by molar-refractivity contribution is 0.507. The fourth-order valence-electron chi connectivity index (χ4n) is 2.28. The predicted molar refractivity (Wildman–Crippen MR) is 79.4 cm³/mol. The smallest absolute Gasteiger partial charge is 0.107 e. The van der Waals surface area contributed by atoms with Crippen LogP contribution in [0.3, 0.4) is 0 Å². The summed E-state index contributed by atoms with van der Waals surface area (Å²) in [5.41, 5.74) is 8.91. The number of hydrogen-bond acceptors (Lipinski definition) is 3. The molecule has 0 aliphatic heterocycles. The molecule has 0 aliphatic carbocycles. The van der Waals surface area contributed by atoms with Gasteiger partial charge in [-0.05, 0) is 43.7 Å². The Morgan fingerprint density at radius 3 is 2.80 bits per heavy atom. The van der Waals surface area contributed by atoms with Crippen molar-refractivity contribution in [3.63, 3.8) is 0 Å². The van der Waals surface area contributed by atoms with E-state index >= 15 is 0 Å². The minimum absolute atomic E-state index is 0.340. The molecule has 0 unspecified atom stereocenters. The highest BCUT2D eigenvalue weighted by molar-refractivity contribution is 5.76. The number of aromatic amines is 1. The van der Waals surface area contributed by atoms with Crippen LogP contribution in [0.4, 0.5) is 0 Å². The van der Waals surface area contributed by atoms with Gasteiger partial charge in [-0.1, -0.05) is 6.07 Å². The standard InChI is InChI=1S/C16H19N3O/c1-16(2,17)11-5-7-13-14(10-11)19-15(18-13)8-6-12-4-3-9-20-12/h3-5,7,9-10H,6,8,17H2,1-2H3,(H,18,19). The Bertz CT molecular complexity index is 705. The molecule has 4 nitrogen and oxygen atoms in total. The highest BCUT2D eigenvalue weighted by atomic mass is 16.3. The Morgan fingerprint density at radius 2 is 2.10 bits per heavy atom. The van der Waals surface area contributed by atoms with Crippen molar-refractivity contribution in [3.05, 3.63) is 53.7 Å². The van der Waals surface area contributed by atoms with Crippen LogP contribution in [0.15, 0.2) is 41.0 Å². The second-order valence-corrected chi connectivity index (χ2v) is 5.72. The summed E-state index contributed by atoms with van der Waals surface area (Å²) < 4.78 is 5.33. The van der Waals surface area contributed by atoms with Crippen molar-refractivity contribution in [2.45, 2.75) is 32.2 Å². The molecule has 1 aromatic carbocycles. The number of aromatic nitrogens is 2. The number of nitrogens with one attached hydrogen (secondary N) is 1. The molecule has 0 fully saturated rings. The lowest BCUT2D eigenvalue weighted by atomic mass is 9.95. The van der Waals surface area contributed by atoms with Crippen molar-refractivity contribution in [1.82, 2.24) is 9.97 Å². The molecule has 0 radical (unpaired) electrons. The first-order valence-electron chi connectivity index (χ1n) is 6.83. The number of nitrogens with zero attached hydrogens (tertiary/aromatic N) is 1. The molecule has 0 atom stereocenters. The largest absolute Gasteiger partial charge is 0.469 e. The average Bonchev–Trinajstić information content (AvgIpc) is 3.03. The van der Waals surface area contributed by atoms with Crippen LogP contribution in [0.25, 0.3) is 11.0 Å². The van der Waals surface area contributed by atoms with Crippen molar-refractivity contribution < 1.29 is 4.42 Å². The maximum absolute atomic E-state index is 6.13. The van der Waals surface area contributed by atoms with E-state index in [1.54, 1.807) is 6.26 Å². The summed E-state index contributed by atoms with van der Waals surface area (Å²) in [4.78, 5) is 7.96. The summed E-state index contributed by atoms with van der Waals surface area (Å²) in [7, 11) is 0. The summed E-state index contributed by atoms with van der Waals surface area (Å²) in [6.07, 6.45) is 3.38. The van der Waals surface area contributed by atoms with Gasteiger partial charge in [-0.25, -0.2) is 4.98 Å². The van der Waals surface area contributed by atoms with E-state index in [1.165, 1.54) is 0 Å². The number of H-pyrrole nitrogens is 1. The highest BCUT2D eigenvalue weighted by Crippen LogP contribution is 2.21. The van der Waals surface area contributed by atoms with Gasteiger partial charge in [-0.3, -0.25) is 0 Å². The topological polar surface area (TPSA) is 67.8 Å².